The van der Waals surface area contributed by atoms with Crippen molar-refractivity contribution in [3.05, 3.63) is 28.8 Å². The zero-order valence-corrected chi connectivity index (χ0v) is 11.3. The molecule has 0 radical (unpaired) electrons. The molecule has 0 aliphatic carbocycles. The summed E-state index contributed by atoms with van der Waals surface area (Å²) in [5, 5.41) is 0.635. The number of likely N-dealkylation sites (tertiary alicyclic amines) is 1. The molecule has 1 aliphatic heterocycles. The molecule has 2 N–H and O–H groups in total. The van der Waals surface area contributed by atoms with E-state index in [1.165, 1.54) is 0 Å². The van der Waals surface area contributed by atoms with Crippen molar-refractivity contribution in [2.75, 3.05) is 20.1 Å². The molecule has 1 saturated heterocycles. The lowest BCUT2D eigenvalue weighted by Gasteiger charge is -2.36. The van der Waals surface area contributed by atoms with Crippen LogP contribution >= 0.6 is 11.6 Å². The molecule has 0 bridgehead atoms. The fourth-order valence-electron chi connectivity index (χ4n) is 1.89. The molecule has 4 heteroatoms. The highest BCUT2D eigenvalue weighted by Gasteiger charge is 2.26. The Labute approximate surface area is 107 Å². The zero-order valence-electron chi connectivity index (χ0n) is 10.5. The summed E-state index contributed by atoms with van der Waals surface area (Å²) in [4.78, 5) is 2.20. The molecular weight excluding hydrogens is 236 g/mol. The number of benzene rings is 1. The van der Waals surface area contributed by atoms with E-state index in [0.717, 1.165) is 24.4 Å². The molecule has 1 aliphatic rings. The van der Waals surface area contributed by atoms with Gasteiger partial charge in [0.1, 0.15) is 11.9 Å². The van der Waals surface area contributed by atoms with Gasteiger partial charge in [0.05, 0.1) is 5.02 Å². The van der Waals surface area contributed by atoms with Gasteiger partial charge in [-0.3, -0.25) is 4.90 Å². The van der Waals surface area contributed by atoms with Gasteiger partial charge in [0, 0.05) is 18.6 Å². The highest BCUT2D eigenvalue weighted by atomic mass is 35.5. The average Bonchev–Trinajstić information content (AvgIpc) is 2.16. The van der Waals surface area contributed by atoms with Crippen molar-refractivity contribution in [1.82, 2.24) is 4.90 Å². The van der Waals surface area contributed by atoms with E-state index in [1.54, 1.807) is 0 Å². The molecule has 17 heavy (non-hydrogen) atoms. The minimum absolute atomic E-state index is 0.259. The van der Waals surface area contributed by atoms with Gasteiger partial charge in [-0.15, -0.1) is 0 Å². The fourth-order valence-corrected chi connectivity index (χ4v) is 2.12. The summed E-state index contributed by atoms with van der Waals surface area (Å²) in [5.41, 5.74) is 6.66. The first-order valence-corrected chi connectivity index (χ1v) is 6.18. The van der Waals surface area contributed by atoms with E-state index in [9.17, 15) is 0 Å². The predicted molar refractivity (Wildman–Crippen MR) is 70.6 cm³/mol. The summed E-state index contributed by atoms with van der Waals surface area (Å²) in [6.07, 6.45) is 0.259. The summed E-state index contributed by atoms with van der Waals surface area (Å²) >= 11 is 6.20. The lowest BCUT2D eigenvalue weighted by Crippen LogP contribution is -2.51. The first kappa shape index (κ1) is 12.7. The molecule has 0 aromatic heterocycles. The van der Waals surface area contributed by atoms with Gasteiger partial charge < -0.3 is 10.5 Å². The standard InChI is InChI=1S/C13H19ClN2O/c1-13(2,15)9-4-5-12(11(14)6-9)17-10-7-16(3)8-10/h4-6,10H,7-8,15H2,1-3H3. The number of halogens is 1. The zero-order chi connectivity index (χ0) is 12.6. The second kappa shape index (κ2) is 4.48. The Morgan fingerprint density at radius 2 is 2.06 bits per heavy atom. The van der Waals surface area contributed by atoms with Crippen LogP contribution < -0.4 is 10.5 Å². The Morgan fingerprint density at radius 1 is 1.41 bits per heavy atom. The maximum Gasteiger partial charge on any atom is 0.138 e. The Bertz CT molecular complexity index is 408. The number of rotatable bonds is 3. The number of nitrogens with zero attached hydrogens (tertiary/aromatic N) is 1. The molecule has 0 amide bonds. The van der Waals surface area contributed by atoms with Gasteiger partial charge in [-0.2, -0.15) is 0 Å². The van der Waals surface area contributed by atoms with Gasteiger partial charge in [0.15, 0.2) is 0 Å². The number of hydrogen-bond acceptors (Lipinski definition) is 3. The third-order valence-corrected chi connectivity index (χ3v) is 3.30. The topological polar surface area (TPSA) is 38.5 Å². The maximum absolute atomic E-state index is 6.20. The largest absolute Gasteiger partial charge is 0.486 e. The Hall–Kier alpha value is -0.770. The number of hydrogen-bond donors (Lipinski definition) is 1. The van der Waals surface area contributed by atoms with Gasteiger partial charge in [0.2, 0.25) is 0 Å². The van der Waals surface area contributed by atoms with Crippen molar-refractivity contribution in [2.24, 2.45) is 5.73 Å². The van der Waals surface area contributed by atoms with E-state index in [1.807, 2.05) is 32.0 Å². The molecule has 1 aromatic carbocycles. The molecule has 1 fully saturated rings. The number of ether oxygens (including phenoxy) is 1. The lowest BCUT2D eigenvalue weighted by molar-refractivity contribution is 0.0389. The SMILES string of the molecule is CN1CC(Oc2ccc(C(C)(C)N)cc2Cl)C1. The van der Waals surface area contributed by atoms with Crippen molar-refractivity contribution in [1.29, 1.82) is 0 Å². The molecule has 2 rings (SSSR count). The third kappa shape index (κ3) is 2.92. The van der Waals surface area contributed by atoms with Gasteiger partial charge in [-0.1, -0.05) is 17.7 Å². The van der Waals surface area contributed by atoms with Crippen LogP contribution in [-0.2, 0) is 5.54 Å². The maximum atomic E-state index is 6.20. The van der Waals surface area contributed by atoms with Crippen LogP contribution in [0.15, 0.2) is 18.2 Å². The first-order valence-electron chi connectivity index (χ1n) is 5.80. The molecule has 1 heterocycles. The highest BCUT2D eigenvalue weighted by molar-refractivity contribution is 6.32. The van der Waals surface area contributed by atoms with Crippen molar-refractivity contribution < 1.29 is 4.74 Å². The molecule has 1 aromatic rings. The Morgan fingerprint density at radius 3 is 2.53 bits per heavy atom. The van der Waals surface area contributed by atoms with Crippen LogP contribution in [0.2, 0.25) is 5.02 Å². The van der Waals surface area contributed by atoms with Crippen LogP contribution in [0, 0.1) is 0 Å². The summed E-state index contributed by atoms with van der Waals surface area (Å²) in [6, 6.07) is 5.77. The van der Waals surface area contributed by atoms with E-state index in [2.05, 4.69) is 11.9 Å². The minimum Gasteiger partial charge on any atom is -0.486 e. The van der Waals surface area contributed by atoms with Crippen LogP contribution in [0.1, 0.15) is 19.4 Å². The van der Waals surface area contributed by atoms with E-state index in [-0.39, 0.29) is 11.6 Å². The highest BCUT2D eigenvalue weighted by Crippen LogP contribution is 2.30. The van der Waals surface area contributed by atoms with E-state index in [4.69, 9.17) is 22.1 Å². The molecule has 0 unspecified atom stereocenters. The Balaban J connectivity index is 2.09. The summed E-state index contributed by atoms with van der Waals surface area (Å²) in [6.45, 7) is 5.83. The van der Waals surface area contributed by atoms with Gasteiger partial charge in [0.25, 0.3) is 0 Å². The van der Waals surface area contributed by atoms with E-state index in [0.29, 0.717) is 5.02 Å². The van der Waals surface area contributed by atoms with Crippen molar-refractivity contribution >= 4 is 11.6 Å². The van der Waals surface area contributed by atoms with Crippen molar-refractivity contribution in [2.45, 2.75) is 25.5 Å². The van der Waals surface area contributed by atoms with Gasteiger partial charge in [-0.25, -0.2) is 0 Å². The Kier molecular flexibility index (Phi) is 3.34. The third-order valence-electron chi connectivity index (χ3n) is 3.00. The molecule has 0 atom stereocenters. The average molecular weight is 255 g/mol. The second-order valence-electron chi connectivity index (χ2n) is 5.33. The molecule has 3 nitrogen and oxygen atoms in total. The van der Waals surface area contributed by atoms with Crippen LogP contribution in [-0.4, -0.2) is 31.1 Å². The monoisotopic (exact) mass is 254 g/mol. The first-order chi connectivity index (χ1) is 7.86. The summed E-state index contributed by atoms with van der Waals surface area (Å²) in [5.74, 6) is 0.748. The molecule has 94 valence electrons. The minimum atomic E-state index is -0.376. The van der Waals surface area contributed by atoms with Crippen LogP contribution in [0.4, 0.5) is 0 Å². The smallest absolute Gasteiger partial charge is 0.138 e. The predicted octanol–water partition coefficient (Wildman–Crippen LogP) is 2.23. The lowest BCUT2D eigenvalue weighted by atomic mass is 9.96. The van der Waals surface area contributed by atoms with Crippen LogP contribution in [0.25, 0.3) is 0 Å². The summed E-state index contributed by atoms with van der Waals surface area (Å²) < 4.78 is 5.80. The second-order valence-corrected chi connectivity index (χ2v) is 5.74. The van der Waals surface area contributed by atoms with Crippen molar-refractivity contribution in [3.63, 3.8) is 0 Å². The van der Waals surface area contributed by atoms with Crippen LogP contribution in [0.5, 0.6) is 5.75 Å². The van der Waals surface area contributed by atoms with Gasteiger partial charge in [-0.05, 0) is 38.6 Å². The number of likely N-dealkylation sites (N-methyl/N-ethyl adjacent to an activating group) is 1. The summed E-state index contributed by atoms with van der Waals surface area (Å²) in [7, 11) is 2.07. The molecular formula is C13H19ClN2O. The normalized spacial score (nSPS) is 17.9. The van der Waals surface area contributed by atoms with Crippen molar-refractivity contribution in [3.8, 4) is 5.75 Å². The van der Waals surface area contributed by atoms with E-state index >= 15 is 0 Å². The molecule has 0 spiro atoms. The fraction of sp³-hybridized carbons (Fsp3) is 0.538. The van der Waals surface area contributed by atoms with Crippen LogP contribution in [0.3, 0.4) is 0 Å². The quantitative estimate of drug-likeness (QED) is 0.899. The van der Waals surface area contributed by atoms with Gasteiger partial charge >= 0.3 is 0 Å². The van der Waals surface area contributed by atoms with E-state index < -0.39 is 0 Å². The molecule has 0 saturated carbocycles. The number of nitrogens with two attached hydrogens (primary N) is 1.